The van der Waals surface area contributed by atoms with Crippen LogP contribution in [0.1, 0.15) is 73.1 Å². The van der Waals surface area contributed by atoms with E-state index in [-0.39, 0.29) is 41.7 Å². The molecule has 2 saturated heterocycles. The molecule has 0 aromatic carbocycles. The highest BCUT2D eigenvalue weighted by Gasteiger charge is 2.40. The van der Waals surface area contributed by atoms with Crippen LogP contribution in [0.2, 0.25) is 0 Å². The van der Waals surface area contributed by atoms with Crippen molar-refractivity contribution in [3.8, 4) is 0 Å². The van der Waals surface area contributed by atoms with E-state index < -0.39 is 6.17 Å². The number of amides is 1. The maximum atomic E-state index is 13.5. The number of hydrogen-bond acceptors (Lipinski definition) is 6. The molecule has 4 atom stereocenters. The lowest BCUT2D eigenvalue weighted by Crippen LogP contribution is -2.51. The van der Waals surface area contributed by atoms with E-state index >= 15 is 0 Å². The number of aliphatic imine (C=N–C) groups is 1. The number of halogens is 1. The number of hydrazine groups is 2. The lowest BCUT2D eigenvalue weighted by Gasteiger charge is -2.28. The number of alkyl halides is 1. The Hall–Kier alpha value is -1.29. The van der Waals surface area contributed by atoms with Gasteiger partial charge in [0.25, 0.3) is 0 Å². The molecule has 5 N–H and O–H groups in total. The molecule has 9 heteroatoms. The van der Waals surface area contributed by atoms with Gasteiger partial charge in [0.2, 0.25) is 5.91 Å². The Morgan fingerprint density at radius 3 is 2.39 bits per heavy atom. The molecule has 178 valence electrons. The molecule has 2 heterocycles. The van der Waals surface area contributed by atoms with Crippen molar-refractivity contribution in [2.45, 2.75) is 110 Å². The number of nitrogens with zero attached hydrogens (tertiary/aromatic N) is 2. The Labute approximate surface area is 186 Å². The molecule has 0 bridgehead atoms. The molecule has 3 aliphatic rings. The number of carbonyl (C=O) groups is 1. The van der Waals surface area contributed by atoms with E-state index in [4.69, 9.17) is 4.99 Å². The summed E-state index contributed by atoms with van der Waals surface area (Å²) in [6, 6.07) is 0.426. The van der Waals surface area contributed by atoms with Crippen LogP contribution in [0.25, 0.3) is 0 Å². The van der Waals surface area contributed by atoms with Crippen LogP contribution in [0, 0.1) is 11.3 Å². The largest absolute Gasteiger partial charge is 0.354 e. The second kappa shape index (κ2) is 10.1. The van der Waals surface area contributed by atoms with Crippen molar-refractivity contribution < 1.29 is 9.18 Å². The van der Waals surface area contributed by atoms with Gasteiger partial charge in [0.05, 0.1) is 0 Å². The molecule has 2 aliphatic heterocycles. The molecule has 1 aliphatic carbocycles. The molecule has 31 heavy (non-hydrogen) atoms. The molecular weight excluding hydrogens is 397 g/mol. The first-order chi connectivity index (χ1) is 14.5. The minimum Gasteiger partial charge on any atom is -0.354 e. The predicted octanol–water partition coefficient (Wildman–Crippen LogP) is 1.80. The second-order valence-electron chi connectivity index (χ2n) is 10.8. The summed E-state index contributed by atoms with van der Waals surface area (Å²) in [7, 11) is 1.92. The van der Waals surface area contributed by atoms with E-state index in [1.165, 1.54) is 0 Å². The zero-order valence-corrected chi connectivity index (χ0v) is 20.0. The Kier molecular flexibility index (Phi) is 7.94. The Morgan fingerprint density at radius 2 is 1.81 bits per heavy atom. The van der Waals surface area contributed by atoms with Crippen LogP contribution in [0.15, 0.2) is 4.99 Å². The zero-order chi connectivity index (χ0) is 22.8. The maximum Gasteiger partial charge on any atom is 0.245 e. The molecule has 3 fully saturated rings. The highest BCUT2D eigenvalue weighted by Crippen LogP contribution is 2.31. The first kappa shape index (κ1) is 24.4. The number of rotatable bonds is 4. The van der Waals surface area contributed by atoms with E-state index in [0.717, 1.165) is 25.7 Å². The van der Waals surface area contributed by atoms with Gasteiger partial charge in [-0.1, -0.05) is 20.8 Å². The first-order valence-corrected chi connectivity index (χ1v) is 11.8. The van der Waals surface area contributed by atoms with E-state index in [1.807, 2.05) is 25.9 Å². The van der Waals surface area contributed by atoms with Gasteiger partial charge in [-0.25, -0.2) is 19.8 Å². The summed E-state index contributed by atoms with van der Waals surface area (Å²) in [5, 5.41) is 8.21. The lowest BCUT2D eigenvalue weighted by molar-refractivity contribution is -0.124. The van der Waals surface area contributed by atoms with Crippen molar-refractivity contribution >= 4 is 11.9 Å². The maximum absolute atomic E-state index is 13.5. The number of nitrogens with one attached hydrogen (secondary N) is 5. The minimum absolute atomic E-state index is 0.0579. The second-order valence-corrected chi connectivity index (χ2v) is 10.8. The van der Waals surface area contributed by atoms with Gasteiger partial charge in [0, 0.05) is 31.6 Å². The molecular formula is C22H42FN7O. The topological polar surface area (TPSA) is 92.8 Å². The van der Waals surface area contributed by atoms with Gasteiger partial charge >= 0.3 is 0 Å². The molecule has 0 aromatic rings. The van der Waals surface area contributed by atoms with Crippen molar-refractivity contribution in [1.82, 2.24) is 31.9 Å². The standard InChI is InChI=1S/C22H42FN7O/c1-13(2)24-21(26-20(31)17-12-18(22(3,4)5)29-30(17)6)25-19-11-16(27-28-19)14-7-9-15(23)10-8-14/h13-19,27-29H,7-12H2,1-6H3,(H2,24,25,26,31). The Morgan fingerprint density at radius 1 is 1.13 bits per heavy atom. The average molecular weight is 440 g/mol. The van der Waals surface area contributed by atoms with E-state index in [1.54, 1.807) is 0 Å². The van der Waals surface area contributed by atoms with Gasteiger partial charge in [0.1, 0.15) is 18.4 Å². The van der Waals surface area contributed by atoms with Gasteiger partial charge in [-0.15, -0.1) is 0 Å². The monoisotopic (exact) mass is 439 g/mol. The van der Waals surface area contributed by atoms with Gasteiger partial charge in [-0.3, -0.25) is 21.0 Å². The zero-order valence-electron chi connectivity index (χ0n) is 20.0. The lowest BCUT2D eigenvalue weighted by atomic mass is 9.82. The number of hydrogen-bond donors (Lipinski definition) is 5. The summed E-state index contributed by atoms with van der Waals surface area (Å²) < 4.78 is 13.5. The van der Waals surface area contributed by atoms with Crippen molar-refractivity contribution in [3.63, 3.8) is 0 Å². The summed E-state index contributed by atoms with van der Waals surface area (Å²) >= 11 is 0. The molecule has 3 rings (SSSR count). The smallest absolute Gasteiger partial charge is 0.245 e. The number of carbonyl (C=O) groups excluding carboxylic acids is 1. The number of guanidine groups is 1. The summed E-state index contributed by atoms with van der Waals surface area (Å²) in [6.07, 6.45) is 3.97. The molecule has 0 aromatic heterocycles. The van der Waals surface area contributed by atoms with Crippen molar-refractivity contribution in [1.29, 1.82) is 0 Å². The van der Waals surface area contributed by atoms with Crippen molar-refractivity contribution in [3.05, 3.63) is 0 Å². The Balaban J connectivity index is 1.60. The predicted molar refractivity (Wildman–Crippen MR) is 122 cm³/mol. The summed E-state index contributed by atoms with van der Waals surface area (Å²) in [5.74, 6) is 0.917. The molecule has 4 unspecified atom stereocenters. The van der Waals surface area contributed by atoms with Crippen LogP contribution in [0.5, 0.6) is 0 Å². The fourth-order valence-corrected chi connectivity index (χ4v) is 4.77. The molecule has 1 saturated carbocycles. The molecule has 0 radical (unpaired) electrons. The highest BCUT2D eigenvalue weighted by molar-refractivity contribution is 5.99. The van der Waals surface area contributed by atoms with E-state index in [0.29, 0.717) is 24.7 Å². The number of likely N-dealkylation sites (N-methyl/N-ethyl adjacent to an activating group) is 1. The SMILES string of the molecule is CC(C)N/C(=N\C1CC(C2CCC(F)CC2)NN1)NC(=O)C1CC(C(C)(C)C)NN1C. The van der Waals surface area contributed by atoms with Crippen molar-refractivity contribution in [2.75, 3.05) is 7.05 Å². The fourth-order valence-electron chi connectivity index (χ4n) is 4.77. The van der Waals surface area contributed by atoms with Crippen LogP contribution < -0.4 is 26.9 Å². The van der Waals surface area contributed by atoms with Crippen LogP contribution in [-0.2, 0) is 4.79 Å². The summed E-state index contributed by atoms with van der Waals surface area (Å²) in [5.41, 5.74) is 10.1. The van der Waals surface area contributed by atoms with Crippen LogP contribution in [0.3, 0.4) is 0 Å². The fraction of sp³-hybridized carbons (Fsp3) is 0.909. The third-order valence-corrected chi connectivity index (χ3v) is 6.77. The van der Waals surface area contributed by atoms with Gasteiger partial charge in [-0.05, 0) is 57.3 Å². The molecule has 8 nitrogen and oxygen atoms in total. The van der Waals surface area contributed by atoms with Crippen molar-refractivity contribution in [2.24, 2.45) is 16.3 Å². The minimum atomic E-state index is -0.641. The normalized spacial score (nSPS) is 35.5. The van der Waals surface area contributed by atoms with Gasteiger partial charge in [-0.2, -0.15) is 0 Å². The first-order valence-electron chi connectivity index (χ1n) is 11.8. The molecule has 0 spiro atoms. The van der Waals surface area contributed by atoms with Crippen LogP contribution >= 0.6 is 0 Å². The highest BCUT2D eigenvalue weighted by atomic mass is 19.1. The van der Waals surface area contributed by atoms with Crippen LogP contribution in [0.4, 0.5) is 4.39 Å². The van der Waals surface area contributed by atoms with E-state index in [9.17, 15) is 9.18 Å². The summed E-state index contributed by atoms with van der Waals surface area (Å²) in [4.78, 5) is 17.8. The third kappa shape index (κ3) is 6.60. The van der Waals surface area contributed by atoms with E-state index in [2.05, 4.69) is 47.7 Å². The van der Waals surface area contributed by atoms with Gasteiger partial charge < -0.3 is 5.32 Å². The average Bonchev–Trinajstić information content (AvgIpc) is 3.28. The van der Waals surface area contributed by atoms with Crippen LogP contribution in [-0.4, -0.2) is 60.4 Å². The third-order valence-electron chi connectivity index (χ3n) is 6.77. The quantitative estimate of drug-likeness (QED) is 0.339. The summed E-state index contributed by atoms with van der Waals surface area (Å²) in [6.45, 7) is 10.6. The Bertz CT molecular complexity index is 642. The molecule has 1 amide bonds. The van der Waals surface area contributed by atoms with Gasteiger partial charge in [0.15, 0.2) is 5.96 Å².